The summed E-state index contributed by atoms with van der Waals surface area (Å²) >= 11 is 15.3. The van der Waals surface area contributed by atoms with Crippen LogP contribution in [-0.2, 0) is 24.3 Å². The maximum Gasteiger partial charge on any atom is 0.328 e. The molecular weight excluding hydrogens is 632 g/mol. The molecule has 2 N–H and O–H groups in total. The topological polar surface area (TPSA) is 117 Å². The molecule has 2 aromatic carbocycles. The monoisotopic (exact) mass is 653 g/mol. The normalized spacial score (nSPS) is 15.7. The Morgan fingerprint density at radius 3 is 2.59 bits per heavy atom. The summed E-state index contributed by atoms with van der Waals surface area (Å²) in [5, 5.41) is 20.5. The number of hydrogen-bond acceptors (Lipinski definition) is 5. The molecule has 1 aliphatic heterocycles. The van der Waals surface area contributed by atoms with E-state index >= 15 is 0 Å². The Labute approximate surface area is 236 Å². The standard InChI is InChI=1S/C25H22Cl2IN5O4/c26-18-9-15-10-32(24(35)14-3-5-16(28)6-4-14)8-7-17(15)22(27)21(18)23(34)29-20(25(36)37)12-33-11-19(30-31-33)13-1-2-13/h3-6,9,11,13,20H,1-2,7-8,10,12H2,(H,29,34)(H,36,37)/t20-/m0/s1. The number of halogens is 3. The molecular formula is C25H22Cl2IN5O4. The number of carboxylic acids is 1. The van der Waals surface area contributed by atoms with Gasteiger partial charge in [-0.3, -0.25) is 9.59 Å². The molecule has 1 saturated carbocycles. The number of rotatable bonds is 7. The molecule has 5 rings (SSSR count). The number of carbonyl (C=O) groups excluding carboxylic acids is 2. The van der Waals surface area contributed by atoms with E-state index in [9.17, 15) is 19.5 Å². The molecule has 9 nitrogen and oxygen atoms in total. The Balaban J connectivity index is 1.32. The largest absolute Gasteiger partial charge is 0.480 e. The molecule has 192 valence electrons. The van der Waals surface area contributed by atoms with Gasteiger partial charge in [-0.05, 0) is 83.3 Å². The van der Waals surface area contributed by atoms with E-state index in [0.717, 1.165) is 33.2 Å². The average molecular weight is 654 g/mol. The Morgan fingerprint density at radius 1 is 1.19 bits per heavy atom. The van der Waals surface area contributed by atoms with Gasteiger partial charge < -0.3 is 15.3 Å². The second kappa shape index (κ2) is 10.6. The Hall–Kier alpha value is -2.70. The van der Waals surface area contributed by atoms with Crippen LogP contribution in [0.4, 0.5) is 0 Å². The molecule has 37 heavy (non-hydrogen) atoms. The molecule has 3 aromatic rings. The highest BCUT2D eigenvalue weighted by atomic mass is 127. The second-order valence-electron chi connectivity index (χ2n) is 9.17. The molecule has 2 heterocycles. The van der Waals surface area contributed by atoms with E-state index in [4.69, 9.17) is 23.2 Å². The minimum Gasteiger partial charge on any atom is -0.480 e. The van der Waals surface area contributed by atoms with Crippen LogP contribution in [0.25, 0.3) is 0 Å². The third-order valence-electron chi connectivity index (χ3n) is 6.54. The van der Waals surface area contributed by atoms with E-state index in [-0.39, 0.29) is 28.1 Å². The number of carboxylic acid groups (broad SMARTS) is 1. The molecule has 1 atom stereocenters. The maximum atomic E-state index is 13.1. The first-order chi connectivity index (χ1) is 17.7. The van der Waals surface area contributed by atoms with Crippen LogP contribution in [0.1, 0.15) is 56.3 Å². The van der Waals surface area contributed by atoms with E-state index in [2.05, 4.69) is 38.2 Å². The molecule has 0 spiro atoms. The molecule has 1 fully saturated rings. The number of benzene rings is 2. The Kier molecular flexibility index (Phi) is 7.42. The number of hydrogen-bond donors (Lipinski definition) is 2. The van der Waals surface area contributed by atoms with Crippen molar-refractivity contribution in [2.75, 3.05) is 6.54 Å². The van der Waals surface area contributed by atoms with Crippen molar-refractivity contribution in [3.05, 3.63) is 78.1 Å². The van der Waals surface area contributed by atoms with Crippen LogP contribution in [0.2, 0.25) is 10.0 Å². The molecule has 0 bridgehead atoms. The third-order valence-corrected chi connectivity index (χ3v) is 7.97. The summed E-state index contributed by atoms with van der Waals surface area (Å²) < 4.78 is 2.46. The van der Waals surface area contributed by atoms with Crippen LogP contribution in [0.3, 0.4) is 0 Å². The number of carbonyl (C=O) groups is 3. The van der Waals surface area contributed by atoms with E-state index in [1.807, 2.05) is 12.1 Å². The van der Waals surface area contributed by atoms with Crippen molar-refractivity contribution in [3.8, 4) is 0 Å². The predicted molar refractivity (Wildman–Crippen MR) is 145 cm³/mol. The number of aromatic nitrogens is 3. The summed E-state index contributed by atoms with van der Waals surface area (Å²) in [6, 6.07) is 7.70. The van der Waals surface area contributed by atoms with Crippen molar-refractivity contribution in [2.45, 2.75) is 44.3 Å². The Bertz CT molecular complexity index is 1390. The first kappa shape index (κ1) is 25.9. The van der Waals surface area contributed by atoms with Gasteiger partial charge in [0, 0.05) is 34.3 Å². The van der Waals surface area contributed by atoms with Crippen LogP contribution in [0, 0.1) is 3.57 Å². The van der Waals surface area contributed by atoms with E-state index in [0.29, 0.717) is 31.0 Å². The summed E-state index contributed by atoms with van der Waals surface area (Å²) in [4.78, 5) is 39.7. The molecule has 2 amide bonds. The van der Waals surface area contributed by atoms with Crippen molar-refractivity contribution >= 4 is 63.6 Å². The van der Waals surface area contributed by atoms with Crippen LogP contribution in [0.5, 0.6) is 0 Å². The number of aliphatic carboxylic acids is 1. The van der Waals surface area contributed by atoms with Crippen LogP contribution >= 0.6 is 45.8 Å². The molecule has 0 saturated heterocycles. The highest BCUT2D eigenvalue weighted by molar-refractivity contribution is 14.1. The van der Waals surface area contributed by atoms with Gasteiger partial charge in [-0.25, -0.2) is 9.48 Å². The highest BCUT2D eigenvalue weighted by Crippen LogP contribution is 2.38. The van der Waals surface area contributed by atoms with Gasteiger partial charge in [0.25, 0.3) is 11.8 Å². The van der Waals surface area contributed by atoms with E-state index < -0.39 is 17.9 Å². The maximum absolute atomic E-state index is 13.1. The molecule has 12 heteroatoms. The first-order valence-electron chi connectivity index (χ1n) is 11.7. The summed E-state index contributed by atoms with van der Waals surface area (Å²) in [5.74, 6) is -1.63. The predicted octanol–water partition coefficient (Wildman–Crippen LogP) is 4.15. The molecule has 0 radical (unpaired) electrons. The lowest BCUT2D eigenvalue weighted by atomic mass is 9.96. The summed E-state index contributed by atoms with van der Waals surface area (Å²) in [6.45, 7) is 0.638. The lowest BCUT2D eigenvalue weighted by Crippen LogP contribution is -2.44. The zero-order valence-corrected chi connectivity index (χ0v) is 23.1. The fourth-order valence-electron chi connectivity index (χ4n) is 4.38. The van der Waals surface area contributed by atoms with Crippen LogP contribution < -0.4 is 5.32 Å². The van der Waals surface area contributed by atoms with Gasteiger partial charge in [0.05, 0.1) is 27.8 Å². The van der Waals surface area contributed by atoms with E-state index in [1.165, 1.54) is 4.68 Å². The molecule has 0 unspecified atom stereocenters. The van der Waals surface area contributed by atoms with Gasteiger partial charge in [-0.2, -0.15) is 0 Å². The molecule has 1 aliphatic carbocycles. The average Bonchev–Trinajstić information content (AvgIpc) is 3.61. The van der Waals surface area contributed by atoms with Crippen LogP contribution in [-0.4, -0.2) is 55.4 Å². The van der Waals surface area contributed by atoms with Gasteiger partial charge in [0.15, 0.2) is 0 Å². The van der Waals surface area contributed by atoms with Gasteiger partial charge in [0.1, 0.15) is 6.04 Å². The third kappa shape index (κ3) is 5.60. The summed E-state index contributed by atoms with van der Waals surface area (Å²) in [7, 11) is 0. The van der Waals surface area contributed by atoms with Crippen molar-refractivity contribution in [2.24, 2.45) is 0 Å². The van der Waals surface area contributed by atoms with Gasteiger partial charge in [0.2, 0.25) is 0 Å². The highest BCUT2D eigenvalue weighted by Gasteiger charge is 2.31. The van der Waals surface area contributed by atoms with Crippen molar-refractivity contribution in [3.63, 3.8) is 0 Å². The Morgan fingerprint density at radius 2 is 1.92 bits per heavy atom. The first-order valence-corrected chi connectivity index (χ1v) is 13.5. The molecule has 1 aromatic heterocycles. The smallest absolute Gasteiger partial charge is 0.328 e. The fourth-order valence-corrected chi connectivity index (χ4v) is 5.50. The zero-order chi connectivity index (χ0) is 26.3. The number of nitrogens with zero attached hydrogens (tertiary/aromatic N) is 4. The van der Waals surface area contributed by atoms with Crippen molar-refractivity contribution in [1.29, 1.82) is 0 Å². The zero-order valence-electron chi connectivity index (χ0n) is 19.5. The second-order valence-corrected chi connectivity index (χ2v) is 11.2. The summed E-state index contributed by atoms with van der Waals surface area (Å²) in [5.41, 5.74) is 2.91. The minimum atomic E-state index is -1.26. The van der Waals surface area contributed by atoms with E-state index in [1.54, 1.807) is 29.3 Å². The number of fused-ring (bicyclic) bond motifs is 1. The summed E-state index contributed by atoms with van der Waals surface area (Å²) in [6.07, 6.45) is 4.24. The quantitative estimate of drug-likeness (QED) is 0.370. The minimum absolute atomic E-state index is 0.0167. The number of amides is 2. The molecule has 2 aliphatic rings. The lowest BCUT2D eigenvalue weighted by Gasteiger charge is -2.30. The van der Waals surface area contributed by atoms with Crippen molar-refractivity contribution in [1.82, 2.24) is 25.2 Å². The SMILES string of the molecule is O=C(N[C@@H](Cn1cc(C2CC2)nn1)C(=O)O)c1c(Cl)cc2c(c1Cl)CCN(C(=O)c1ccc(I)cc1)C2. The van der Waals surface area contributed by atoms with Gasteiger partial charge >= 0.3 is 5.97 Å². The fraction of sp³-hybridized carbons (Fsp3) is 0.320. The van der Waals surface area contributed by atoms with Crippen molar-refractivity contribution < 1.29 is 19.5 Å². The van der Waals surface area contributed by atoms with Gasteiger partial charge in [-0.1, -0.05) is 28.4 Å². The van der Waals surface area contributed by atoms with Gasteiger partial charge in [-0.15, -0.1) is 5.10 Å². The number of nitrogens with one attached hydrogen (secondary N) is 1. The van der Waals surface area contributed by atoms with Crippen LogP contribution in [0.15, 0.2) is 36.5 Å². The lowest BCUT2D eigenvalue weighted by molar-refractivity contribution is -0.139.